The van der Waals surface area contributed by atoms with E-state index in [2.05, 4.69) is 9.91 Å². The maximum atomic E-state index is 10.4. The van der Waals surface area contributed by atoms with Crippen LogP contribution in [-0.2, 0) is 4.79 Å². The summed E-state index contributed by atoms with van der Waals surface area (Å²) >= 11 is -1.42. The summed E-state index contributed by atoms with van der Waals surface area (Å²) in [5.74, 6) is -0.0950. The number of hydrogen-bond donors (Lipinski definition) is 1. The molecule has 48 valence electrons. The molecule has 0 aliphatic carbocycles. The normalized spacial score (nSPS) is 16.7. The summed E-state index contributed by atoms with van der Waals surface area (Å²) in [7, 11) is 0. The Bertz CT molecular complexity index is 144. The molecule has 0 aromatic carbocycles. The van der Waals surface area contributed by atoms with Gasteiger partial charge in [0, 0.05) is 0 Å². The van der Waals surface area contributed by atoms with Crippen LogP contribution >= 0.6 is 0 Å². The molecule has 9 heavy (non-hydrogen) atoms. The van der Waals surface area contributed by atoms with Gasteiger partial charge in [0.25, 0.3) is 0 Å². The van der Waals surface area contributed by atoms with E-state index in [9.17, 15) is 4.79 Å². The molecule has 0 aromatic heterocycles. The molecule has 1 aliphatic rings. The second kappa shape index (κ2) is 3.30. The van der Waals surface area contributed by atoms with E-state index in [-0.39, 0.29) is 5.91 Å². The van der Waals surface area contributed by atoms with Gasteiger partial charge in [-0.15, -0.1) is 0 Å². The van der Waals surface area contributed by atoms with Crippen molar-refractivity contribution < 1.29 is 4.79 Å². The average Bonchev–Trinajstić information content (AvgIpc) is 2.15. The van der Waals surface area contributed by atoms with Crippen LogP contribution in [0.3, 0.4) is 0 Å². The van der Waals surface area contributed by atoms with Crippen LogP contribution in [0.25, 0.3) is 0 Å². The van der Waals surface area contributed by atoms with Gasteiger partial charge in [-0.25, -0.2) is 0 Å². The number of carbonyl (C=O) groups is 1. The van der Waals surface area contributed by atoms with Gasteiger partial charge in [-0.2, -0.15) is 0 Å². The van der Waals surface area contributed by atoms with Crippen LogP contribution in [0.2, 0.25) is 8.35 Å². The number of primary amides is 1. The molecule has 3 heteroatoms. The molecule has 1 amide bonds. The van der Waals surface area contributed by atoms with Crippen LogP contribution in [-0.4, -0.2) is 27.3 Å². The number of carbonyl (C=O) groups excluding carboxylic acids is 1. The summed E-state index contributed by atoms with van der Waals surface area (Å²) in [5, 5.41) is 0. The first-order chi connectivity index (χ1) is 4.29. The summed E-state index contributed by atoms with van der Waals surface area (Å²) in [6.45, 7) is 0. The van der Waals surface area contributed by atoms with Gasteiger partial charge in [0.2, 0.25) is 0 Å². The molecular weight excluding hydrogens is 217 g/mol. The van der Waals surface area contributed by atoms with Crippen LogP contribution in [0.1, 0.15) is 6.42 Å². The van der Waals surface area contributed by atoms with Crippen molar-refractivity contribution in [2.24, 2.45) is 5.73 Å². The van der Waals surface area contributed by atoms with E-state index in [1.807, 2.05) is 0 Å². The van der Waals surface area contributed by atoms with Gasteiger partial charge in [0.05, 0.1) is 0 Å². The van der Waals surface area contributed by atoms with Crippen molar-refractivity contribution in [3.8, 4) is 0 Å². The molecule has 2 nitrogen and oxygen atoms in total. The minimum absolute atomic E-state index is 0.0950. The Kier molecular flexibility index (Phi) is 2.64. The fraction of sp³-hybridized carbons (Fsp3) is 0.500. The van der Waals surface area contributed by atoms with Crippen LogP contribution in [0.5, 0.6) is 0 Å². The Labute approximate surface area is 62.6 Å². The van der Waals surface area contributed by atoms with Crippen molar-refractivity contribution in [1.29, 1.82) is 0 Å². The van der Waals surface area contributed by atoms with Crippen molar-refractivity contribution in [3.63, 3.8) is 0 Å². The van der Waals surface area contributed by atoms with Gasteiger partial charge >= 0.3 is 62.6 Å². The first-order valence-electron chi connectivity index (χ1n) is 3.24. The second-order valence-electron chi connectivity index (χ2n) is 2.44. The molecule has 1 heterocycles. The Morgan fingerprint density at radius 1 is 1.78 bits per heavy atom. The third-order valence-electron chi connectivity index (χ3n) is 1.58. The van der Waals surface area contributed by atoms with E-state index in [0.29, 0.717) is 0 Å². The van der Waals surface area contributed by atoms with Gasteiger partial charge in [-0.3, -0.25) is 0 Å². The molecule has 1 rings (SSSR count). The predicted molar refractivity (Wildman–Crippen MR) is 38.3 cm³/mol. The topological polar surface area (TPSA) is 43.1 Å². The quantitative estimate of drug-likeness (QED) is 0.731. The molecule has 0 aromatic rings. The Balaban J connectivity index is 2.28. The maximum absolute atomic E-state index is 10.4. The van der Waals surface area contributed by atoms with Crippen molar-refractivity contribution in [3.05, 3.63) is 9.91 Å². The summed E-state index contributed by atoms with van der Waals surface area (Å²) in [6.07, 6.45) is 3.40. The Morgan fingerprint density at radius 2 is 2.56 bits per heavy atom. The van der Waals surface area contributed by atoms with Crippen molar-refractivity contribution in [2.45, 2.75) is 14.8 Å². The Hall–Kier alpha value is 0.0801. The molecular formula is C6H10InNO. The molecule has 0 atom stereocenters. The zero-order chi connectivity index (χ0) is 6.69. The SMILES string of the molecule is NC(=O)[CH2][In]1[CH]=CC[CH2]1. The van der Waals surface area contributed by atoms with Crippen molar-refractivity contribution in [1.82, 2.24) is 0 Å². The number of allylic oxidation sites excluding steroid dienone is 1. The summed E-state index contributed by atoms with van der Waals surface area (Å²) < 4.78 is 4.33. The van der Waals surface area contributed by atoms with E-state index in [0.717, 1.165) is 4.18 Å². The first kappa shape index (κ1) is 7.19. The number of nitrogens with two attached hydrogens (primary N) is 1. The average molecular weight is 227 g/mol. The summed E-state index contributed by atoms with van der Waals surface area (Å²) in [4.78, 5) is 10.4. The zero-order valence-corrected chi connectivity index (χ0v) is 8.63. The number of amides is 1. The van der Waals surface area contributed by atoms with Crippen LogP contribution < -0.4 is 5.73 Å². The van der Waals surface area contributed by atoms with E-state index in [1.165, 1.54) is 10.6 Å². The molecule has 2 N–H and O–H groups in total. The van der Waals surface area contributed by atoms with Gasteiger partial charge in [0.15, 0.2) is 0 Å². The molecule has 0 unspecified atom stereocenters. The van der Waals surface area contributed by atoms with Crippen LogP contribution in [0, 0.1) is 0 Å². The molecule has 0 radical (unpaired) electrons. The fourth-order valence-electron chi connectivity index (χ4n) is 1.12. The standard InChI is InChI=1S/C4H6.C2H4NO.In/c1-3-4-2;1-2(3)4;/h1,3H,2,4H2;1H2,(H2,3,4);. The van der Waals surface area contributed by atoms with Crippen LogP contribution in [0.4, 0.5) is 0 Å². The summed E-state index contributed by atoms with van der Waals surface area (Å²) in [6, 6.07) is 0. The second-order valence-corrected chi connectivity index (χ2v) is 10.7. The zero-order valence-electron chi connectivity index (χ0n) is 5.34. The fourth-order valence-corrected chi connectivity index (χ4v) is 7.54. The molecule has 0 saturated carbocycles. The van der Waals surface area contributed by atoms with E-state index >= 15 is 0 Å². The van der Waals surface area contributed by atoms with Crippen molar-refractivity contribution in [2.75, 3.05) is 0 Å². The minimum atomic E-state index is -1.42. The van der Waals surface area contributed by atoms with Crippen molar-refractivity contribution >= 4 is 27.3 Å². The summed E-state index contributed by atoms with van der Waals surface area (Å²) in [5.41, 5.74) is 5.05. The molecule has 0 saturated heterocycles. The van der Waals surface area contributed by atoms with Crippen LogP contribution in [0.15, 0.2) is 9.91 Å². The first-order valence-corrected chi connectivity index (χ1v) is 9.80. The monoisotopic (exact) mass is 227 g/mol. The third kappa shape index (κ3) is 2.43. The van der Waals surface area contributed by atoms with Gasteiger partial charge in [-0.1, -0.05) is 0 Å². The van der Waals surface area contributed by atoms with E-state index in [4.69, 9.17) is 5.73 Å². The molecule has 0 spiro atoms. The van der Waals surface area contributed by atoms with Gasteiger partial charge in [-0.05, 0) is 0 Å². The number of rotatable bonds is 2. The molecule has 0 bridgehead atoms. The van der Waals surface area contributed by atoms with Gasteiger partial charge < -0.3 is 0 Å². The van der Waals surface area contributed by atoms with E-state index in [1.54, 1.807) is 0 Å². The van der Waals surface area contributed by atoms with E-state index < -0.39 is 21.4 Å². The number of hydrogen-bond acceptors (Lipinski definition) is 1. The molecule has 0 fully saturated rings. The predicted octanol–water partition coefficient (Wildman–Crippen LogP) is 0.466. The third-order valence-corrected chi connectivity index (χ3v) is 9.62. The Morgan fingerprint density at radius 3 is 3.00 bits per heavy atom. The molecule has 1 aliphatic heterocycles. The van der Waals surface area contributed by atoms with Gasteiger partial charge in [0.1, 0.15) is 0 Å².